The molecule has 0 amide bonds. The first-order valence-corrected chi connectivity index (χ1v) is 2.28. The summed E-state index contributed by atoms with van der Waals surface area (Å²) in [6.07, 6.45) is 0. The summed E-state index contributed by atoms with van der Waals surface area (Å²) < 4.78 is 13.1. The van der Waals surface area contributed by atoms with Crippen molar-refractivity contribution < 1.29 is 23.9 Å². The average molecular weight is 134 g/mol. The van der Waals surface area contributed by atoms with Crippen LogP contribution in [0.15, 0.2) is 0 Å². The minimum atomic E-state index is -1.87. The predicted molar refractivity (Wildman–Crippen MR) is 31.0 cm³/mol. The van der Waals surface area contributed by atoms with E-state index in [4.69, 9.17) is 10.0 Å². The Morgan fingerprint density at radius 2 is 1.56 bits per heavy atom. The van der Waals surface area contributed by atoms with Crippen molar-refractivity contribution in [3.63, 3.8) is 0 Å². The third kappa shape index (κ3) is 4.43. The summed E-state index contributed by atoms with van der Waals surface area (Å²) in [7, 11) is -0.257. The largest absolute Gasteiger partial charge is 0.627 e. The molecule has 0 aliphatic rings. The fourth-order valence-corrected chi connectivity index (χ4v) is 0.307. The first-order valence-electron chi connectivity index (χ1n) is 2.28. The van der Waals surface area contributed by atoms with Crippen molar-refractivity contribution in [1.82, 2.24) is 0 Å². The van der Waals surface area contributed by atoms with Crippen LogP contribution in [0.3, 0.4) is 0 Å². The Morgan fingerprint density at radius 3 is 1.67 bits per heavy atom. The molecule has 0 unspecified atom stereocenters. The van der Waals surface area contributed by atoms with Crippen LogP contribution in [0.2, 0.25) is 0 Å². The molecule has 0 aromatic rings. The highest BCUT2D eigenvalue weighted by molar-refractivity contribution is 6.50. The first-order chi connectivity index (χ1) is 4.20. The maximum absolute atomic E-state index is 8.16. The molecule has 0 aliphatic heterocycles. The predicted octanol–water partition coefficient (Wildman–Crippen LogP) is -1.75. The smallest absolute Gasteiger partial charge is 0.402 e. The van der Waals surface area contributed by atoms with E-state index in [-0.39, 0.29) is 0 Å². The van der Waals surface area contributed by atoms with Crippen LogP contribution in [0.4, 0.5) is 0 Å². The second-order valence-corrected chi connectivity index (χ2v) is 1.22. The van der Waals surface area contributed by atoms with Crippen LogP contribution in [0.5, 0.6) is 0 Å². The highest BCUT2D eigenvalue weighted by Crippen LogP contribution is 1.87. The minimum absolute atomic E-state index is 1.02. The zero-order valence-corrected chi connectivity index (χ0v) is 5.27. The van der Waals surface area contributed by atoms with Crippen LogP contribution in [-0.2, 0) is 13.9 Å². The van der Waals surface area contributed by atoms with Gasteiger partial charge >= 0.3 is 14.6 Å². The van der Waals surface area contributed by atoms with Gasteiger partial charge in [-0.05, 0) is 0 Å². The van der Waals surface area contributed by atoms with E-state index in [9.17, 15) is 0 Å². The molecule has 0 bridgehead atoms. The zero-order valence-electron chi connectivity index (χ0n) is 5.27. The summed E-state index contributed by atoms with van der Waals surface area (Å²) in [5.41, 5.74) is 0. The lowest BCUT2D eigenvalue weighted by Crippen LogP contribution is -2.32. The Bertz CT molecular complexity index is 64.0. The molecule has 0 fully saturated rings. The second-order valence-electron chi connectivity index (χ2n) is 1.22. The third-order valence-electron chi connectivity index (χ3n) is 0.618. The van der Waals surface area contributed by atoms with E-state index in [1.807, 2.05) is 0 Å². The average Bonchev–Trinajstić information content (AvgIpc) is 1.82. The van der Waals surface area contributed by atoms with Crippen molar-refractivity contribution >= 4 is 14.6 Å². The lowest BCUT2D eigenvalue weighted by Gasteiger charge is -2.06. The topological polar surface area (TPSA) is 68.2 Å². The van der Waals surface area contributed by atoms with Gasteiger partial charge in [0, 0.05) is 14.2 Å². The molecule has 0 aromatic heterocycles. The molecule has 9 heavy (non-hydrogen) atoms. The quantitative estimate of drug-likeness (QED) is 0.446. The van der Waals surface area contributed by atoms with Crippen molar-refractivity contribution in [1.29, 1.82) is 0 Å². The van der Waals surface area contributed by atoms with Crippen molar-refractivity contribution in [3.8, 4) is 0 Å². The standard InChI is InChI=1S/C2H8B2O5/c1-7-4(8-2)9-3(5)6/h5-6H,1-2H3. The molecule has 0 rings (SSSR count). The molecular weight excluding hydrogens is 126 g/mol. The molecule has 0 radical (unpaired) electrons. The number of rotatable bonds is 4. The van der Waals surface area contributed by atoms with Crippen molar-refractivity contribution in [2.75, 3.05) is 14.2 Å². The molecule has 52 valence electrons. The van der Waals surface area contributed by atoms with Gasteiger partial charge in [-0.1, -0.05) is 0 Å². The molecule has 7 heteroatoms. The van der Waals surface area contributed by atoms with Gasteiger partial charge in [-0.3, -0.25) is 0 Å². The van der Waals surface area contributed by atoms with Gasteiger partial charge in [0.1, 0.15) is 0 Å². The SMILES string of the molecule is COB(OC)OB(O)O. The Labute approximate surface area is 53.9 Å². The van der Waals surface area contributed by atoms with E-state index >= 15 is 0 Å². The van der Waals surface area contributed by atoms with Gasteiger partial charge in [-0.15, -0.1) is 0 Å². The van der Waals surface area contributed by atoms with Crippen molar-refractivity contribution in [2.45, 2.75) is 0 Å². The summed E-state index contributed by atoms with van der Waals surface area (Å²) >= 11 is 0. The summed E-state index contributed by atoms with van der Waals surface area (Å²) in [6, 6.07) is 0. The second kappa shape index (κ2) is 4.78. The Balaban J connectivity index is 3.31. The van der Waals surface area contributed by atoms with Gasteiger partial charge < -0.3 is 23.9 Å². The van der Waals surface area contributed by atoms with Gasteiger partial charge in [0.2, 0.25) is 0 Å². The minimum Gasteiger partial charge on any atom is -0.402 e. The maximum atomic E-state index is 8.16. The van der Waals surface area contributed by atoms with Gasteiger partial charge in [-0.2, -0.15) is 0 Å². The molecule has 5 nitrogen and oxygen atoms in total. The van der Waals surface area contributed by atoms with E-state index < -0.39 is 14.6 Å². The highest BCUT2D eigenvalue weighted by Gasteiger charge is 2.24. The summed E-state index contributed by atoms with van der Waals surface area (Å²) in [5.74, 6) is 0. The van der Waals surface area contributed by atoms with Crippen LogP contribution >= 0.6 is 0 Å². The fourth-order valence-electron chi connectivity index (χ4n) is 0.307. The molecule has 0 saturated heterocycles. The zero-order chi connectivity index (χ0) is 7.28. The number of hydrogen-bond acceptors (Lipinski definition) is 5. The first kappa shape index (κ1) is 8.93. The van der Waals surface area contributed by atoms with Crippen LogP contribution in [0.1, 0.15) is 0 Å². The summed E-state index contributed by atoms with van der Waals surface area (Å²) in [4.78, 5) is 0. The lowest BCUT2D eigenvalue weighted by atomic mass is 10.1. The molecule has 0 aromatic carbocycles. The summed E-state index contributed by atoms with van der Waals surface area (Å²) in [6.45, 7) is 0. The van der Waals surface area contributed by atoms with E-state index in [1.54, 1.807) is 0 Å². The van der Waals surface area contributed by atoms with E-state index in [1.165, 1.54) is 14.2 Å². The number of hydrogen-bond donors (Lipinski definition) is 2. The van der Waals surface area contributed by atoms with Crippen LogP contribution < -0.4 is 0 Å². The lowest BCUT2D eigenvalue weighted by molar-refractivity contribution is 0.164. The maximum Gasteiger partial charge on any atom is 0.627 e. The highest BCUT2D eigenvalue weighted by atomic mass is 16.8. The van der Waals surface area contributed by atoms with Crippen molar-refractivity contribution in [2.24, 2.45) is 0 Å². The van der Waals surface area contributed by atoms with Gasteiger partial charge in [0.05, 0.1) is 0 Å². The molecular formula is C2H8B2O5. The fraction of sp³-hybridized carbons (Fsp3) is 1.00. The van der Waals surface area contributed by atoms with E-state index in [2.05, 4.69) is 13.9 Å². The van der Waals surface area contributed by atoms with Gasteiger partial charge in [0.25, 0.3) is 0 Å². The van der Waals surface area contributed by atoms with Crippen LogP contribution in [0.25, 0.3) is 0 Å². The van der Waals surface area contributed by atoms with Crippen LogP contribution in [-0.4, -0.2) is 38.9 Å². The normalized spacial score (nSPS) is 9.33. The van der Waals surface area contributed by atoms with E-state index in [0.29, 0.717) is 0 Å². The Morgan fingerprint density at radius 1 is 1.11 bits per heavy atom. The molecule has 2 N–H and O–H groups in total. The van der Waals surface area contributed by atoms with Gasteiger partial charge in [-0.25, -0.2) is 0 Å². The molecule has 0 heterocycles. The Kier molecular flexibility index (Phi) is 4.74. The van der Waals surface area contributed by atoms with Crippen LogP contribution in [0, 0.1) is 0 Å². The third-order valence-corrected chi connectivity index (χ3v) is 0.618. The van der Waals surface area contributed by atoms with E-state index in [0.717, 1.165) is 0 Å². The molecule has 0 aliphatic carbocycles. The van der Waals surface area contributed by atoms with Crippen molar-refractivity contribution in [3.05, 3.63) is 0 Å². The Hall–Kier alpha value is -0.0701. The molecule has 0 saturated carbocycles. The monoisotopic (exact) mass is 134 g/mol. The molecule has 0 spiro atoms. The van der Waals surface area contributed by atoms with Gasteiger partial charge in [0.15, 0.2) is 0 Å². The summed E-state index contributed by atoms with van der Waals surface area (Å²) in [5, 5.41) is 16.3. The molecule has 0 atom stereocenters.